The lowest BCUT2D eigenvalue weighted by molar-refractivity contribution is -0.135. The monoisotopic (exact) mass is 447 g/mol. The van der Waals surface area contributed by atoms with Crippen LogP contribution in [0.25, 0.3) is 0 Å². The van der Waals surface area contributed by atoms with Crippen LogP contribution in [0.3, 0.4) is 0 Å². The van der Waals surface area contributed by atoms with E-state index < -0.39 is 0 Å². The smallest absolute Gasteiger partial charge is 0.228 e. The summed E-state index contributed by atoms with van der Waals surface area (Å²) in [7, 11) is 0. The Hall–Kier alpha value is -3.73. The number of likely N-dealkylation sites (tertiary alicyclic amines) is 1. The largest absolute Gasteiger partial charge is 0.343 e. The number of nitrogens with one attached hydrogen (secondary N) is 1. The van der Waals surface area contributed by atoms with Gasteiger partial charge in [0.1, 0.15) is 5.82 Å². The lowest BCUT2D eigenvalue weighted by atomic mass is 9.95. The van der Waals surface area contributed by atoms with Crippen molar-refractivity contribution in [2.24, 2.45) is 5.92 Å². The highest BCUT2D eigenvalue weighted by Crippen LogP contribution is 2.21. The molecule has 0 aliphatic carbocycles. The molecule has 0 bridgehead atoms. The molecule has 1 saturated heterocycles. The Labute approximate surface area is 194 Å². The van der Waals surface area contributed by atoms with Gasteiger partial charge >= 0.3 is 0 Å². The van der Waals surface area contributed by atoms with Crippen LogP contribution in [0, 0.1) is 24.2 Å². The molecule has 0 radical (unpaired) electrons. The second-order valence-corrected chi connectivity index (χ2v) is 8.15. The summed E-state index contributed by atoms with van der Waals surface area (Å²) in [6.07, 6.45) is 3.28. The Morgan fingerprint density at radius 1 is 1.12 bits per heavy atom. The number of benzene rings is 1. The molecule has 1 aromatic heterocycles. The maximum Gasteiger partial charge on any atom is 0.228 e. The van der Waals surface area contributed by atoms with Crippen LogP contribution in [0.4, 0.5) is 11.5 Å². The van der Waals surface area contributed by atoms with Crippen molar-refractivity contribution in [3.8, 4) is 6.07 Å². The molecule has 1 aliphatic rings. The van der Waals surface area contributed by atoms with Crippen LogP contribution in [0.15, 0.2) is 48.7 Å². The summed E-state index contributed by atoms with van der Waals surface area (Å²) in [6.45, 7) is 3.21. The number of pyridine rings is 1. The minimum absolute atomic E-state index is 0.0791. The third-order valence-corrected chi connectivity index (χ3v) is 5.75. The molecule has 0 atom stereocenters. The first-order valence-electron chi connectivity index (χ1n) is 11.2. The van der Waals surface area contributed by atoms with Crippen LogP contribution in [0.5, 0.6) is 0 Å². The van der Waals surface area contributed by atoms with Gasteiger partial charge in [0.25, 0.3) is 0 Å². The van der Waals surface area contributed by atoms with Gasteiger partial charge in [-0.1, -0.05) is 24.3 Å². The molecular weight excluding hydrogens is 418 g/mol. The first-order valence-corrected chi connectivity index (χ1v) is 11.2. The van der Waals surface area contributed by atoms with Gasteiger partial charge < -0.3 is 15.1 Å². The molecule has 0 spiro atoms. The van der Waals surface area contributed by atoms with Crippen molar-refractivity contribution in [2.45, 2.75) is 39.0 Å². The summed E-state index contributed by atoms with van der Waals surface area (Å²) in [4.78, 5) is 45.4. The van der Waals surface area contributed by atoms with E-state index in [1.807, 2.05) is 43.3 Å². The van der Waals surface area contributed by atoms with Gasteiger partial charge in [0.05, 0.1) is 12.5 Å². The van der Waals surface area contributed by atoms with Crippen molar-refractivity contribution in [2.75, 3.05) is 29.9 Å². The van der Waals surface area contributed by atoms with Gasteiger partial charge in [-0.25, -0.2) is 4.98 Å². The molecule has 1 N–H and O–H groups in total. The Morgan fingerprint density at radius 3 is 2.48 bits per heavy atom. The highest BCUT2D eigenvalue weighted by Gasteiger charge is 2.28. The van der Waals surface area contributed by atoms with E-state index in [1.54, 1.807) is 22.1 Å². The third kappa shape index (κ3) is 6.88. The summed E-state index contributed by atoms with van der Waals surface area (Å²) in [5.74, 6) is 0.0188. The fraction of sp³-hybridized carbons (Fsp3) is 0.400. The van der Waals surface area contributed by atoms with E-state index in [1.165, 1.54) is 0 Å². The number of carbonyl (C=O) groups is 3. The van der Waals surface area contributed by atoms with Gasteiger partial charge in [-0.2, -0.15) is 5.26 Å². The second kappa shape index (κ2) is 11.8. The Morgan fingerprint density at radius 2 is 1.85 bits per heavy atom. The van der Waals surface area contributed by atoms with E-state index in [4.69, 9.17) is 5.26 Å². The number of amides is 3. The summed E-state index contributed by atoms with van der Waals surface area (Å²) in [6, 6.07) is 14.9. The highest BCUT2D eigenvalue weighted by atomic mass is 16.2. The van der Waals surface area contributed by atoms with E-state index in [-0.39, 0.29) is 42.9 Å². The zero-order valence-corrected chi connectivity index (χ0v) is 18.9. The number of carbonyl (C=O) groups excluding carboxylic acids is 3. The fourth-order valence-electron chi connectivity index (χ4n) is 3.84. The van der Waals surface area contributed by atoms with Crippen molar-refractivity contribution in [1.82, 2.24) is 9.88 Å². The normalized spacial score (nSPS) is 13.8. The predicted octanol–water partition coefficient (Wildman–Crippen LogP) is 3.29. The summed E-state index contributed by atoms with van der Waals surface area (Å²) in [5.41, 5.74) is 1.75. The zero-order chi connectivity index (χ0) is 23.6. The first kappa shape index (κ1) is 23.9. The van der Waals surface area contributed by atoms with E-state index >= 15 is 0 Å². The molecule has 1 aromatic carbocycles. The molecule has 2 aromatic rings. The average Bonchev–Trinajstić information content (AvgIpc) is 2.85. The standard InChI is InChI=1S/C25H29N5O3/c1-19-8-9-22(27-18-19)28-25(33)20-12-16-29(17-13-20)23(31)10-11-24(32)30(15-5-14-26)21-6-3-2-4-7-21/h2-4,6-9,18,20H,5,10-13,15-17H2,1H3,(H,27,28,33). The quantitative estimate of drug-likeness (QED) is 0.668. The Kier molecular flexibility index (Phi) is 8.53. The molecule has 0 unspecified atom stereocenters. The van der Waals surface area contributed by atoms with Crippen LogP contribution in [-0.4, -0.2) is 47.2 Å². The fourth-order valence-corrected chi connectivity index (χ4v) is 3.84. The van der Waals surface area contributed by atoms with Gasteiger partial charge in [-0.3, -0.25) is 14.4 Å². The predicted molar refractivity (Wildman–Crippen MR) is 125 cm³/mol. The number of piperidine rings is 1. The number of para-hydroxylation sites is 1. The van der Waals surface area contributed by atoms with E-state index in [0.29, 0.717) is 38.3 Å². The van der Waals surface area contributed by atoms with Crippen LogP contribution >= 0.6 is 0 Å². The minimum atomic E-state index is -0.176. The third-order valence-electron chi connectivity index (χ3n) is 5.75. The number of aryl methyl sites for hydroxylation is 1. The van der Waals surface area contributed by atoms with Crippen molar-refractivity contribution in [3.63, 3.8) is 0 Å². The summed E-state index contributed by atoms with van der Waals surface area (Å²) < 4.78 is 0. The molecule has 0 saturated carbocycles. The van der Waals surface area contributed by atoms with Crippen LogP contribution in [0.1, 0.15) is 37.7 Å². The number of aromatic nitrogens is 1. The summed E-state index contributed by atoms with van der Waals surface area (Å²) in [5, 5.41) is 11.7. The molecule has 1 aliphatic heterocycles. The van der Waals surface area contributed by atoms with Gasteiger partial charge in [-0.15, -0.1) is 0 Å². The molecule has 8 nitrogen and oxygen atoms in total. The number of nitriles is 1. The Balaban J connectivity index is 1.46. The first-order chi connectivity index (χ1) is 16.0. The highest BCUT2D eigenvalue weighted by molar-refractivity contribution is 5.95. The molecule has 3 rings (SSSR count). The topological polar surface area (TPSA) is 106 Å². The molecule has 2 heterocycles. The van der Waals surface area contributed by atoms with E-state index in [0.717, 1.165) is 11.3 Å². The number of hydrogen-bond donors (Lipinski definition) is 1. The molecule has 8 heteroatoms. The average molecular weight is 448 g/mol. The lowest BCUT2D eigenvalue weighted by Gasteiger charge is -2.31. The Bertz CT molecular complexity index is 993. The molecule has 3 amide bonds. The van der Waals surface area contributed by atoms with Crippen LogP contribution < -0.4 is 10.2 Å². The maximum absolute atomic E-state index is 12.8. The summed E-state index contributed by atoms with van der Waals surface area (Å²) >= 11 is 0. The number of nitrogens with zero attached hydrogens (tertiary/aromatic N) is 4. The lowest BCUT2D eigenvalue weighted by Crippen LogP contribution is -2.42. The number of hydrogen-bond acceptors (Lipinski definition) is 5. The molecular formula is C25H29N5O3. The molecule has 33 heavy (non-hydrogen) atoms. The number of anilines is 2. The van der Waals surface area contributed by atoms with Crippen LogP contribution in [-0.2, 0) is 14.4 Å². The minimum Gasteiger partial charge on any atom is -0.343 e. The van der Waals surface area contributed by atoms with Gasteiger partial charge in [-0.05, 0) is 43.5 Å². The van der Waals surface area contributed by atoms with Gasteiger partial charge in [0, 0.05) is 50.3 Å². The molecule has 172 valence electrons. The van der Waals surface area contributed by atoms with Crippen LogP contribution in [0.2, 0.25) is 0 Å². The van der Waals surface area contributed by atoms with Crippen molar-refractivity contribution >= 4 is 29.2 Å². The zero-order valence-electron chi connectivity index (χ0n) is 18.9. The van der Waals surface area contributed by atoms with Crippen molar-refractivity contribution in [1.29, 1.82) is 5.26 Å². The van der Waals surface area contributed by atoms with E-state index in [9.17, 15) is 14.4 Å². The molecule has 1 fully saturated rings. The SMILES string of the molecule is Cc1ccc(NC(=O)C2CCN(C(=O)CCC(=O)N(CCC#N)c3ccccc3)CC2)nc1. The maximum atomic E-state index is 12.8. The van der Waals surface area contributed by atoms with Gasteiger partial charge in [0.2, 0.25) is 17.7 Å². The van der Waals surface area contributed by atoms with Gasteiger partial charge in [0.15, 0.2) is 0 Å². The van der Waals surface area contributed by atoms with Crippen molar-refractivity contribution in [3.05, 3.63) is 54.2 Å². The number of rotatable bonds is 8. The van der Waals surface area contributed by atoms with E-state index in [2.05, 4.69) is 16.4 Å². The van der Waals surface area contributed by atoms with Crippen molar-refractivity contribution < 1.29 is 14.4 Å². The second-order valence-electron chi connectivity index (χ2n) is 8.15.